The van der Waals surface area contributed by atoms with E-state index in [4.69, 9.17) is 6.42 Å². The van der Waals surface area contributed by atoms with E-state index < -0.39 is 0 Å². The van der Waals surface area contributed by atoms with E-state index in [0.29, 0.717) is 0 Å². The second kappa shape index (κ2) is 3.69. The van der Waals surface area contributed by atoms with Gasteiger partial charge < -0.3 is 0 Å². The van der Waals surface area contributed by atoms with Crippen molar-refractivity contribution in [2.24, 2.45) is 0 Å². The maximum absolute atomic E-state index is 5.26. The van der Waals surface area contributed by atoms with Crippen molar-refractivity contribution >= 4 is 15.9 Å². The Morgan fingerprint density at radius 1 is 1.29 bits per heavy atom. The van der Waals surface area contributed by atoms with Crippen molar-refractivity contribution in [3.05, 3.63) is 46.7 Å². The normalized spacial score (nSPS) is 9.71. The van der Waals surface area contributed by atoms with Gasteiger partial charge in [0.05, 0.1) is 16.4 Å². The van der Waals surface area contributed by atoms with Gasteiger partial charge in [0.1, 0.15) is 0 Å². The molecule has 0 spiro atoms. The molecule has 0 fully saturated rings. The van der Waals surface area contributed by atoms with Crippen LogP contribution in [0.4, 0.5) is 0 Å². The number of hydrogen-bond acceptors (Lipinski definition) is 1. The molecule has 0 aliphatic rings. The average molecular weight is 247 g/mol. The minimum Gasteiger partial charge on any atom is -0.240 e. The summed E-state index contributed by atoms with van der Waals surface area (Å²) in [7, 11) is 0. The molecule has 0 amide bonds. The lowest BCUT2D eigenvalue weighted by Gasteiger charge is -1.99. The second-order valence-corrected chi connectivity index (χ2v) is 3.71. The summed E-state index contributed by atoms with van der Waals surface area (Å²) in [6, 6.07) is 7.67. The number of terminal acetylenes is 1. The summed E-state index contributed by atoms with van der Waals surface area (Å²) in [4.78, 5) is 0. The predicted octanol–water partition coefficient (Wildman–Crippen LogP) is 2.62. The molecule has 14 heavy (non-hydrogen) atoms. The van der Waals surface area contributed by atoms with Crippen LogP contribution in [-0.4, -0.2) is 9.78 Å². The summed E-state index contributed by atoms with van der Waals surface area (Å²) in [6.45, 7) is 0. The molecule has 0 aliphatic carbocycles. The number of rotatable bonds is 1. The molecule has 1 aromatic heterocycles. The minimum absolute atomic E-state index is 0.875. The van der Waals surface area contributed by atoms with E-state index in [1.807, 2.05) is 30.5 Å². The Labute approximate surface area is 90.7 Å². The van der Waals surface area contributed by atoms with Crippen molar-refractivity contribution in [3.8, 4) is 18.0 Å². The van der Waals surface area contributed by atoms with Gasteiger partial charge in [-0.15, -0.1) is 6.42 Å². The third kappa shape index (κ3) is 1.70. The van der Waals surface area contributed by atoms with Crippen molar-refractivity contribution in [1.82, 2.24) is 9.78 Å². The molecule has 0 aliphatic heterocycles. The Kier molecular flexibility index (Phi) is 2.38. The van der Waals surface area contributed by atoms with Crippen LogP contribution in [0.2, 0.25) is 0 Å². The van der Waals surface area contributed by atoms with Gasteiger partial charge in [-0.2, -0.15) is 5.10 Å². The maximum atomic E-state index is 5.26. The van der Waals surface area contributed by atoms with Gasteiger partial charge in [-0.05, 0) is 40.2 Å². The summed E-state index contributed by atoms with van der Waals surface area (Å²) < 4.78 is 2.74. The summed E-state index contributed by atoms with van der Waals surface area (Å²) in [5.41, 5.74) is 1.87. The van der Waals surface area contributed by atoms with Crippen LogP contribution in [0.5, 0.6) is 0 Å². The Balaban J connectivity index is 2.39. The quantitative estimate of drug-likeness (QED) is 0.708. The van der Waals surface area contributed by atoms with E-state index in [1.54, 1.807) is 10.9 Å². The van der Waals surface area contributed by atoms with Crippen LogP contribution in [0.3, 0.4) is 0 Å². The lowest BCUT2D eigenvalue weighted by Crippen LogP contribution is -1.93. The van der Waals surface area contributed by atoms with Crippen molar-refractivity contribution < 1.29 is 0 Å². The SMILES string of the molecule is C#Cc1ccc(-n2cc(Br)cn2)cc1. The molecule has 1 aromatic carbocycles. The van der Waals surface area contributed by atoms with Crippen LogP contribution < -0.4 is 0 Å². The van der Waals surface area contributed by atoms with E-state index in [-0.39, 0.29) is 0 Å². The summed E-state index contributed by atoms with van der Waals surface area (Å²) in [5.74, 6) is 2.57. The van der Waals surface area contributed by atoms with Gasteiger partial charge in [0.25, 0.3) is 0 Å². The minimum atomic E-state index is 0.875. The molecular formula is C11H7BrN2. The van der Waals surface area contributed by atoms with Gasteiger partial charge in [-0.25, -0.2) is 4.68 Å². The van der Waals surface area contributed by atoms with Crippen LogP contribution in [0.25, 0.3) is 5.69 Å². The number of halogens is 1. The third-order valence-electron chi connectivity index (χ3n) is 1.85. The molecule has 0 unspecified atom stereocenters. The number of benzene rings is 1. The Morgan fingerprint density at radius 3 is 2.50 bits per heavy atom. The molecule has 0 N–H and O–H groups in total. The number of nitrogens with zero attached hydrogens (tertiary/aromatic N) is 2. The van der Waals surface area contributed by atoms with Crippen molar-refractivity contribution in [3.63, 3.8) is 0 Å². The lowest BCUT2D eigenvalue weighted by molar-refractivity contribution is 0.880. The number of hydrogen-bond donors (Lipinski definition) is 0. The Hall–Kier alpha value is -1.53. The Morgan fingerprint density at radius 2 is 2.00 bits per heavy atom. The second-order valence-electron chi connectivity index (χ2n) is 2.79. The molecule has 2 rings (SSSR count). The van der Waals surface area contributed by atoms with Crippen LogP contribution in [0.1, 0.15) is 5.56 Å². The third-order valence-corrected chi connectivity index (χ3v) is 2.26. The molecule has 3 heteroatoms. The first-order chi connectivity index (χ1) is 6.79. The van der Waals surface area contributed by atoms with E-state index in [2.05, 4.69) is 26.9 Å². The van der Waals surface area contributed by atoms with Crippen LogP contribution in [0, 0.1) is 12.3 Å². The van der Waals surface area contributed by atoms with Gasteiger partial charge in [0.2, 0.25) is 0 Å². The van der Waals surface area contributed by atoms with E-state index in [1.165, 1.54) is 0 Å². The highest BCUT2D eigenvalue weighted by molar-refractivity contribution is 9.10. The van der Waals surface area contributed by atoms with Gasteiger partial charge in [0.15, 0.2) is 0 Å². The average Bonchev–Trinajstić information content (AvgIpc) is 2.65. The van der Waals surface area contributed by atoms with Crippen LogP contribution >= 0.6 is 15.9 Å². The highest BCUT2D eigenvalue weighted by Crippen LogP contribution is 2.12. The zero-order valence-electron chi connectivity index (χ0n) is 7.31. The van der Waals surface area contributed by atoms with Crippen molar-refractivity contribution in [1.29, 1.82) is 0 Å². The molecule has 68 valence electrons. The van der Waals surface area contributed by atoms with E-state index in [9.17, 15) is 0 Å². The molecule has 2 aromatic rings. The predicted molar refractivity (Wildman–Crippen MR) is 59.2 cm³/mol. The molecule has 0 atom stereocenters. The summed E-state index contributed by atoms with van der Waals surface area (Å²) in [6.07, 6.45) is 8.90. The fraction of sp³-hybridized carbons (Fsp3) is 0. The fourth-order valence-electron chi connectivity index (χ4n) is 1.15. The maximum Gasteiger partial charge on any atom is 0.0646 e. The number of aromatic nitrogens is 2. The summed E-state index contributed by atoms with van der Waals surface area (Å²) in [5, 5.41) is 4.16. The fourth-order valence-corrected chi connectivity index (χ4v) is 1.44. The van der Waals surface area contributed by atoms with Crippen LogP contribution in [0.15, 0.2) is 41.1 Å². The van der Waals surface area contributed by atoms with Gasteiger partial charge in [-0.1, -0.05) is 5.92 Å². The van der Waals surface area contributed by atoms with Crippen molar-refractivity contribution in [2.75, 3.05) is 0 Å². The molecule has 0 bridgehead atoms. The molecule has 0 radical (unpaired) electrons. The highest BCUT2D eigenvalue weighted by Gasteiger charge is 1.97. The first-order valence-corrected chi connectivity index (χ1v) is 4.86. The smallest absolute Gasteiger partial charge is 0.0646 e. The van der Waals surface area contributed by atoms with Gasteiger partial charge in [0, 0.05) is 11.8 Å². The summed E-state index contributed by atoms with van der Waals surface area (Å²) >= 11 is 3.34. The van der Waals surface area contributed by atoms with E-state index >= 15 is 0 Å². The topological polar surface area (TPSA) is 17.8 Å². The van der Waals surface area contributed by atoms with E-state index in [0.717, 1.165) is 15.7 Å². The lowest BCUT2D eigenvalue weighted by atomic mass is 10.2. The van der Waals surface area contributed by atoms with Crippen molar-refractivity contribution in [2.45, 2.75) is 0 Å². The van der Waals surface area contributed by atoms with Crippen LogP contribution in [-0.2, 0) is 0 Å². The zero-order valence-corrected chi connectivity index (χ0v) is 8.90. The largest absolute Gasteiger partial charge is 0.240 e. The van der Waals surface area contributed by atoms with Gasteiger partial charge in [-0.3, -0.25) is 0 Å². The molecule has 0 saturated heterocycles. The molecule has 1 heterocycles. The van der Waals surface area contributed by atoms with Gasteiger partial charge >= 0.3 is 0 Å². The molecular weight excluding hydrogens is 240 g/mol. The molecule has 0 saturated carbocycles. The first-order valence-electron chi connectivity index (χ1n) is 4.07. The Bertz CT molecular complexity index is 477. The standard InChI is InChI=1S/C11H7BrN2/c1-2-9-3-5-11(6-4-9)14-8-10(12)7-13-14/h1,3-8H. The zero-order chi connectivity index (χ0) is 9.97. The monoisotopic (exact) mass is 246 g/mol. The molecule has 2 nitrogen and oxygen atoms in total. The first kappa shape index (κ1) is 9.04. The highest BCUT2D eigenvalue weighted by atomic mass is 79.9.